The molecule has 0 radical (unpaired) electrons. The lowest BCUT2D eigenvalue weighted by Gasteiger charge is -2.11. The van der Waals surface area contributed by atoms with Crippen molar-refractivity contribution in [2.75, 3.05) is 20.8 Å². The lowest BCUT2D eigenvalue weighted by molar-refractivity contribution is -0.137. The van der Waals surface area contributed by atoms with Crippen LogP contribution in [-0.2, 0) is 6.18 Å². The molecule has 1 aromatic heterocycles. The molecular weight excluding hydrogens is 447 g/mol. The second-order valence-electron chi connectivity index (χ2n) is 7.32. The van der Waals surface area contributed by atoms with Crippen LogP contribution in [0.25, 0.3) is 22.3 Å². The molecule has 0 saturated heterocycles. The van der Waals surface area contributed by atoms with Gasteiger partial charge in [-0.15, -0.1) is 0 Å². The van der Waals surface area contributed by atoms with Crippen molar-refractivity contribution < 1.29 is 31.8 Å². The molecule has 0 aliphatic rings. The van der Waals surface area contributed by atoms with Crippen molar-refractivity contribution in [2.24, 2.45) is 4.99 Å². The minimum Gasteiger partial charge on any atom is -0.494 e. The number of hydrogen-bond donors (Lipinski definition) is 0. The van der Waals surface area contributed by atoms with Gasteiger partial charge in [-0.1, -0.05) is 6.07 Å². The third-order valence-corrected chi connectivity index (χ3v) is 5.12. The lowest BCUT2D eigenvalue weighted by atomic mass is 10.1. The number of alkyl halides is 3. The maximum atomic E-state index is 13.2. The molecule has 0 bridgehead atoms. The van der Waals surface area contributed by atoms with Gasteiger partial charge in [-0.2, -0.15) is 13.2 Å². The third kappa shape index (κ3) is 4.85. The van der Waals surface area contributed by atoms with Crippen molar-refractivity contribution in [1.82, 2.24) is 0 Å². The molecule has 8 heteroatoms. The minimum absolute atomic E-state index is 0.169. The third-order valence-electron chi connectivity index (χ3n) is 5.12. The number of rotatable bonds is 6. The van der Waals surface area contributed by atoms with Gasteiger partial charge in [-0.25, -0.2) is 4.99 Å². The number of nitrogens with zero attached hydrogens (tertiary/aromatic N) is 1. The van der Waals surface area contributed by atoms with Crippen LogP contribution < -0.4 is 19.6 Å². The van der Waals surface area contributed by atoms with Crippen LogP contribution in [0, 0.1) is 0 Å². The summed E-state index contributed by atoms with van der Waals surface area (Å²) in [6.07, 6.45) is -4.47. The summed E-state index contributed by atoms with van der Waals surface area (Å²) in [5.41, 5.74) is 0.589. The Morgan fingerprint density at radius 2 is 1.68 bits per heavy atom. The van der Waals surface area contributed by atoms with E-state index >= 15 is 0 Å². The molecule has 3 aromatic carbocycles. The number of benzene rings is 3. The highest BCUT2D eigenvalue weighted by molar-refractivity contribution is 5.80. The van der Waals surface area contributed by atoms with Crippen LogP contribution in [0.1, 0.15) is 12.5 Å². The first-order chi connectivity index (χ1) is 16.3. The van der Waals surface area contributed by atoms with E-state index in [0.717, 1.165) is 12.1 Å². The normalized spacial score (nSPS) is 12.1. The Balaban J connectivity index is 1.95. The largest absolute Gasteiger partial charge is 0.494 e. The molecule has 0 atom stereocenters. The minimum atomic E-state index is -4.47. The highest BCUT2D eigenvalue weighted by atomic mass is 19.4. The molecule has 0 aliphatic carbocycles. The molecule has 176 valence electrons. The Hall–Kier alpha value is -3.94. The Morgan fingerprint density at radius 3 is 2.38 bits per heavy atom. The summed E-state index contributed by atoms with van der Waals surface area (Å²) in [6.45, 7) is 2.33. The Morgan fingerprint density at radius 1 is 0.882 bits per heavy atom. The second-order valence-corrected chi connectivity index (χ2v) is 7.32. The van der Waals surface area contributed by atoms with Gasteiger partial charge in [-0.3, -0.25) is 0 Å². The van der Waals surface area contributed by atoms with Crippen LogP contribution in [0.2, 0.25) is 0 Å². The van der Waals surface area contributed by atoms with Crippen LogP contribution in [0.5, 0.6) is 17.2 Å². The fourth-order valence-corrected chi connectivity index (χ4v) is 3.52. The average molecular weight is 469 g/mol. The summed E-state index contributed by atoms with van der Waals surface area (Å²) in [4.78, 5) is 4.54. The number of hydrogen-bond acceptors (Lipinski definition) is 5. The molecule has 0 saturated carbocycles. The molecule has 4 rings (SSSR count). The SMILES string of the molecule is CCOc1ccc2oc(-c3ccc(OC)c(OC)c3)cc(=Nc3cccc(C(F)(F)F)c3)c2c1. The van der Waals surface area contributed by atoms with Gasteiger partial charge >= 0.3 is 6.18 Å². The van der Waals surface area contributed by atoms with E-state index in [9.17, 15) is 13.2 Å². The summed E-state index contributed by atoms with van der Waals surface area (Å²) >= 11 is 0. The summed E-state index contributed by atoms with van der Waals surface area (Å²) in [7, 11) is 3.07. The van der Waals surface area contributed by atoms with E-state index in [-0.39, 0.29) is 5.69 Å². The quantitative estimate of drug-likeness (QED) is 0.313. The van der Waals surface area contributed by atoms with Gasteiger partial charge in [0.1, 0.15) is 17.1 Å². The lowest BCUT2D eigenvalue weighted by Crippen LogP contribution is -2.06. The fraction of sp³-hybridized carbons (Fsp3) is 0.192. The Kier molecular flexibility index (Phi) is 6.49. The van der Waals surface area contributed by atoms with E-state index < -0.39 is 11.7 Å². The molecular formula is C26H22F3NO4. The predicted molar refractivity (Wildman–Crippen MR) is 123 cm³/mol. The predicted octanol–water partition coefficient (Wildman–Crippen LogP) is 6.77. The summed E-state index contributed by atoms with van der Waals surface area (Å²) in [5.74, 6) is 2.13. The molecule has 0 aliphatic heterocycles. The van der Waals surface area contributed by atoms with Crippen molar-refractivity contribution in [3.63, 3.8) is 0 Å². The number of halogens is 3. The van der Waals surface area contributed by atoms with E-state index in [0.29, 0.717) is 51.5 Å². The summed E-state index contributed by atoms with van der Waals surface area (Å²) in [6, 6.07) is 17.1. The van der Waals surface area contributed by atoms with Crippen LogP contribution in [0.4, 0.5) is 18.9 Å². The first-order valence-corrected chi connectivity index (χ1v) is 10.5. The summed E-state index contributed by atoms with van der Waals surface area (Å²) < 4.78 is 62.1. The zero-order valence-electron chi connectivity index (χ0n) is 18.8. The molecule has 0 amide bonds. The average Bonchev–Trinajstić information content (AvgIpc) is 2.83. The highest BCUT2D eigenvalue weighted by Gasteiger charge is 2.30. The van der Waals surface area contributed by atoms with Crippen molar-refractivity contribution in [2.45, 2.75) is 13.1 Å². The monoisotopic (exact) mass is 469 g/mol. The van der Waals surface area contributed by atoms with Crippen LogP contribution in [-0.4, -0.2) is 20.8 Å². The van der Waals surface area contributed by atoms with Crippen molar-refractivity contribution >= 4 is 16.7 Å². The van der Waals surface area contributed by atoms with Gasteiger partial charge in [-0.05, 0) is 61.5 Å². The van der Waals surface area contributed by atoms with E-state index in [2.05, 4.69) is 4.99 Å². The van der Waals surface area contributed by atoms with Crippen LogP contribution in [0.15, 0.2) is 76.1 Å². The molecule has 34 heavy (non-hydrogen) atoms. The van der Waals surface area contributed by atoms with Crippen LogP contribution in [0.3, 0.4) is 0 Å². The van der Waals surface area contributed by atoms with E-state index in [1.807, 2.05) is 6.92 Å². The van der Waals surface area contributed by atoms with Crippen molar-refractivity contribution in [3.8, 4) is 28.6 Å². The summed E-state index contributed by atoms with van der Waals surface area (Å²) in [5, 5.41) is 1.04. The van der Waals surface area contributed by atoms with E-state index in [1.54, 1.807) is 49.6 Å². The number of fused-ring (bicyclic) bond motifs is 1. The Labute approximate surface area is 194 Å². The number of ether oxygens (including phenoxy) is 3. The zero-order chi connectivity index (χ0) is 24.3. The zero-order valence-corrected chi connectivity index (χ0v) is 18.8. The van der Waals surface area contributed by atoms with E-state index in [4.69, 9.17) is 18.6 Å². The molecule has 0 N–H and O–H groups in total. The van der Waals surface area contributed by atoms with Gasteiger partial charge in [0.2, 0.25) is 0 Å². The van der Waals surface area contributed by atoms with Crippen LogP contribution >= 0.6 is 0 Å². The first kappa shape index (κ1) is 23.2. The Bertz CT molecular complexity index is 1390. The molecule has 0 unspecified atom stereocenters. The molecule has 4 aromatic rings. The molecule has 1 heterocycles. The fourth-order valence-electron chi connectivity index (χ4n) is 3.52. The van der Waals surface area contributed by atoms with Crippen molar-refractivity contribution in [3.05, 3.63) is 77.7 Å². The van der Waals surface area contributed by atoms with Gasteiger partial charge < -0.3 is 18.6 Å². The van der Waals surface area contributed by atoms with Gasteiger partial charge in [0, 0.05) is 17.0 Å². The van der Waals surface area contributed by atoms with E-state index in [1.165, 1.54) is 19.2 Å². The first-order valence-electron chi connectivity index (χ1n) is 10.5. The van der Waals surface area contributed by atoms with Gasteiger partial charge in [0.05, 0.1) is 37.4 Å². The maximum absolute atomic E-state index is 13.2. The molecule has 5 nitrogen and oxygen atoms in total. The van der Waals surface area contributed by atoms with Crippen molar-refractivity contribution in [1.29, 1.82) is 0 Å². The van der Waals surface area contributed by atoms with Gasteiger partial charge in [0.15, 0.2) is 11.5 Å². The highest BCUT2D eigenvalue weighted by Crippen LogP contribution is 2.34. The standard InChI is InChI=1S/C26H22F3NO4/c1-4-33-19-9-11-22-20(14-19)21(30-18-7-5-6-17(13-18)26(27,28)29)15-24(34-22)16-8-10-23(31-2)25(12-16)32-3/h5-15H,4H2,1-3H3. The molecule has 0 spiro atoms. The van der Waals surface area contributed by atoms with Gasteiger partial charge in [0.25, 0.3) is 0 Å². The molecule has 0 fully saturated rings. The number of methoxy groups -OCH3 is 2. The maximum Gasteiger partial charge on any atom is 0.416 e. The topological polar surface area (TPSA) is 53.2 Å². The second kappa shape index (κ2) is 9.51. The smallest absolute Gasteiger partial charge is 0.416 e.